The molecule has 3 aliphatic rings. The third kappa shape index (κ3) is 1.54. The number of carbonyl (C=O) groups excluding carboxylic acids is 2. The molecular formula is C17H18N2O2. The number of piperidine rings is 1. The second-order valence-electron chi connectivity index (χ2n) is 6.16. The lowest BCUT2D eigenvalue weighted by molar-refractivity contribution is -0.139. The molecule has 0 bridgehead atoms. The van der Waals surface area contributed by atoms with Gasteiger partial charge in [-0.05, 0) is 31.7 Å². The van der Waals surface area contributed by atoms with Crippen molar-refractivity contribution in [3.8, 4) is 0 Å². The highest BCUT2D eigenvalue weighted by Crippen LogP contribution is 2.53. The molecule has 108 valence electrons. The highest BCUT2D eigenvalue weighted by Gasteiger charge is 2.59. The van der Waals surface area contributed by atoms with Crippen molar-refractivity contribution in [3.63, 3.8) is 0 Å². The van der Waals surface area contributed by atoms with Crippen molar-refractivity contribution < 1.29 is 9.59 Å². The van der Waals surface area contributed by atoms with Crippen LogP contribution in [0.5, 0.6) is 0 Å². The molecule has 1 aromatic carbocycles. The number of nitrogens with zero attached hydrogens (tertiary/aromatic N) is 2. The monoisotopic (exact) mass is 282 g/mol. The van der Waals surface area contributed by atoms with Crippen molar-refractivity contribution in [2.24, 2.45) is 0 Å². The average Bonchev–Trinajstić information content (AvgIpc) is 3.01. The smallest absolute Gasteiger partial charge is 0.242 e. The highest BCUT2D eigenvalue weighted by molar-refractivity contribution is 5.98. The minimum atomic E-state index is -0.442. The number of hydrogen-bond donors (Lipinski definition) is 0. The van der Waals surface area contributed by atoms with Crippen molar-refractivity contribution in [2.45, 2.75) is 44.2 Å². The lowest BCUT2D eigenvalue weighted by Crippen LogP contribution is -2.53. The first-order valence-corrected chi connectivity index (χ1v) is 7.54. The minimum absolute atomic E-state index is 0.0571. The van der Waals surface area contributed by atoms with E-state index in [1.54, 1.807) is 18.1 Å². The summed E-state index contributed by atoms with van der Waals surface area (Å²) in [4.78, 5) is 24.5. The van der Waals surface area contributed by atoms with E-state index in [2.05, 4.69) is 17.1 Å². The van der Waals surface area contributed by atoms with E-state index in [9.17, 15) is 9.59 Å². The van der Waals surface area contributed by atoms with Gasteiger partial charge in [-0.15, -0.1) is 0 Å². The van der Waals surface area contributed by atoms with Crippen LogP contribution >= 0.6 is 0 Å². The molecule has 2 fully saturated rings. The van der Waals surface area contributed by atoms with Crippen LogP contribution < -0.4 is 0 Å². The van der Waals surface area contributed by atoms with Gasteiger partial charge in [0.2, 0.25) is 5.91 Å². The Kier molecular flexibility index (Phi) is 2.60. The summed E-state index contributed by atoms with van der Waals surface area (Å²) in [7, 11) is 0. The topological polar surface area (TPSA) is 40.6 Å². The van der Waals surface area contributed by atoms with Crippen LogP contribution in [0.2, 0.25) is 0 Å². The fourth-order valence-corrected chi connectivity index (χ4v) is 4.26. The summed E-state index contributed by atoms with van der Waals surface area (Å²) in [5, 5.41) is 3.87. The summed E-state index contributed by atoms with van der Waals surface area (Å²) >= 11 is 0. The molecule has 4 rings (SSSR count). The Labute approximate surface area is 124 Å². The summed E-state index contributed by atoms with van der Waals surface area (Å²) < 4.78 is 0. The van der Waals surface area contributed by atoms with E-state index in [0.29, 0.717) is 6.42 Å². The van der Waals surface area contributed by atoms with Crippen molar-refractivity contribution >= 4 is 11.7 Å². The van der Waals surface area contributed by atoms with Crippen molar-refractivity contribution in [3.05, 3.63) is 47.7 Å². The molecule has 0 N–H and O–H groups in total. The maximum absolute atomic E-state index is 12.3. The number of amides is 1. The molecule has 1 aromatic rings. The van der Waals surface area contributed by atoms with E-state index in [1.165, 1.54) is 0 Å². The molecule has 0 spiro atoms. The predicted molar refractivity (Wildman–Crippen MR) is 77.8 cm³/mol. The standard InChI is InChI=1S/C17H18N2O2/c1-12(20)15-11-18-16(21)10-14-8-5-9-17(15,19(14)18)13-6-3-2-4-7-13/h2-4,6-7,11,14H,5,8-10H2,1H3/t14-,17+/m1/s1. The Hall–Kier alpha value is -1.94. The molecule has 1 amide bonds. The van der Waals surface area contributed by atoms with Crippen LogP contribution in [-0.4, -0.2) is 27.8 Å². The summed E-state index contributed by atoms with van der Waals surface area (Å²) in [6.45, 7) is 1.61. The number of hydrazine groups is 1. The van der Waals surface area contributed by atoms with Crippen LogP contribution in [0.3, 0.4) is 0 Å². The van der Waals surface area contributed by atoms with Crippen LogP contribution in [0, 0.1) is 0 Å². The third-order valence-corrected chi connectivity index (χ3v) is 5.04. The molecule has 0 saturated carbocycles. The van der Waals surface area contributed by atoms with Gasteiger partial charge in [-0.1, -0.05) is 30.3 Å². The second kappa shape index (κ2) is 4.28. The number of ketones is 1. The van der Waals surface area contributed by atoms with Crippen molar-refractivity contribution in [2.75, 3.05) is 0 Å². The molecule has 3 heterocycles. The van der Waals surface area contributed by atoms with E-state index in [1.807, 2.05) is 18.2 Å². The van der Waals surface area contributed by atoms with Crippen LogP contribution in [0.4, 0.5) is 0 Å². The van der Waals surface area contributed by atoms with Crippen molar-refractivity contribution in [1.82, 2.24) is 10.0 Å². The quantitative estimate of drug-likeness (QED) is 0.836. The summed E-state index contributed by atoms with van der Waals surface area (Å²) in [5.74, 6) is 0.167. The molecule has 0 aliphatic carbocycles. The molecule has 4 nitrogen and oxygen atoms in total. The molecule has 2 saturated heterocycles. The minimum Gasteiger partial charge on any atom is -0.295 e. The summed E-state index contributed by atoms with van der Waals surface area (Å²) in [5.41, 5.74) is 1.43. The Bertz CT molecular complexity index is 652. The summed E-state index contributed by atoms with van der Waals surface area (Å²) in [6, 6.07) is 10.4. The molecule has 2 atom stereocenters. The first-order chi connectivity index (χ1) is 10.1. The van der Waals surface area contributed by atoms with Gasteiger partial charge >= 0.3 is 0 Å². The molecule has 21 heavy (non-hydrogen) atoms. The lowest BCUT2D eigenvalue weighted by Gasteiger charge is -2.46. The van der Waals surface area contributed by atoms with Gasteiger partial charge in [0.15, 0.2) is 5.78 Å². The summed E-state index contributed by atoms with van der Waals surface area (Å²) in [6.07, 6.45) is 5.31. The molecular weight excluding hydrogens is 264 g/mol. The van der Waals surface area contributed by atoms with E-state index >= 15 is 0 Å². The van der Waals surface area contributed by atoms with Gasteiger partial charge in [0.25, 0.3) is 0 Å². The number of Topliss-reactive ketones (excluding diaryl/α,β-unsaturated/α-hetero) is 1. The van der Waals surface area contributed by atoms with Gasteiger partial charge < -0.3 is 0 Å². The highest BCUT2D eigenvalue weighted by atomic mass is 16.2. The fourth-order valence-electron chi connectivity index (χ4n) is 4.26. The van der Waals surface area contributed by atoms with E-state index in [-0.39, 0.29) is 17.7 Å². The fraction of sp³-hybridized carbons (Fsp3) is 0.412. The van der Waals surface area contributed by atoms with Crippen LogP contribution in [-0.2, 0) is 15.1 Å². The van der Waals surface area contributed by atoms with Gasteiger partial charge in [0.05, 0.1) is 5.54 Å². The zero-order valence-electron chi connectivity index (χ0n) is 12.1. The molecule has 0 radical (unpaired) electrons. The van der Waals surface area contributed by atoms with Gasteiger partial charge in [-0.3, -0.25) is 9.59 Å². The number of rotatable bonds is 2. The average molecular weight is 282 g/mol. The van der Waals surface area contributed by atoms with Gasteiger partial charge in [0.1, 0.15) is 0 Å². The lowest BCUT2D eigenvalue weighted by atomic mass is 9.74. The Morgan fingerprint density at radius 1 is 1.29 bits per heavy atom. The largest absolute Gasteiger partial charge is 0.295 e. The first kappa shape index (κ1) is 12.8. The number of carbonyl (C=O) groups is 2. The van der Waals surface area contributed by atoms with E-state index < -0.39 is 5.54 Å². The molecule has 3 aliphatic heterocycles. The van der Waals surface area contributed by atoms with E-state index in [0.717, 1.165) is 30.4 Å². The molecule has 0 aromatic heterocycles. The van der Waals surface area contributed by atoms with Crippen LogP contribution in [0.25, 0.3) is 0 Å². The zero-order valence-corrected chi connectivity index (χ0v) is 12.1. The molecule has 0 unspecified atom stereocenters. The first-order valence-electron chi connectivity index (χ1n) is 7.54. The second-order valence-corrected chi connectivity index (χ2v) is 6.16. The van der Waals surface area contributed by atoms with E-state index in [4.69, 9.17) is 0 Å². The number of hydrogen-bond acceptors (Lipinski definition) is 3. The molecule has 4 heteroatoms. The maximum atomic E-state index is 12.3. The van der Waals surface area contributed by atoms with Gasteiger partial charge in [0, 0.05) is 24.2 Å². The zero-order chi connectivity index (χ0) is 14.6. The van der Waals surface area contributed by atoms with Crippen LogP contribution in [0.15, 0.2) is 42.1 Å². The van der Waals surface area contributed by atoms with Crippen molar-refractivity contribution in [1.29, 1.82) is 0 Å². The van der Waals surface area contributed by atoms with Gasteiger partial charge in [-0.25, -0.2) is 5.01 Å². The Balaban J connectivity index is 1.94. The Morgan fingerprint density at radius 3 is 2.76 bits per heavy atom. The number of benzene rings is 1. The predicted octanol–water partition coefficient (Wildman–Crippen LogP) is 2.37. The SMILES string of the molecule is CC(=O)C1=CN2C(=O)C[C@H]3CCC[C@@]1(c1ccccc1)N32. The van der Waals surface area contributed by atoms with Gasteiger partial charge in [-0.2, -0.15) is 5.01 Å². The van der Waals surface area contributed by atoms with Crippen LogP contribution in [0.1, 0.15) is 38.2 Å². The normalized spacial score (nSPS) is 31.3. The third-order valence-electron chi connectivity index (χ3n) is 5.04. The maximum Gasteiger partial charge on any atom is 0.242 e. The Morgan fingerprint density at radius 2 is 2.05 bits per heavy atom.